The van der Waals surface area contributed by atoms with Gasteiger partial charge in [0.1, 0.15) is 5.75 Å². The number of hydrogen-bond donors (Lipinski definition) is 3. The lowest BCUT2D eigenvalue weighted by atomic mass is 9.96. The second-order valence-electron chi connectivity index (χ2n) is 7.48. The number of hydrogen-bond acceptors (Lipinski definition) is 6. The van der Waals surface area contributed by atoms with E-state index < -0.39 is 0 Å². The summed E-state index contributed by atoms with van der Waals surface area (Å²) in [5.41, 5.74) is 1.56. The van der Waals surface area contributed by atoms with E-state index in [1.54, 1.807) is 11.3 Å². The van der Waals surface area contributed by atoms with Gasteiger partial charge < -0.3 is 15.3 Å². The molecule has 1 aromatic heterocycles. The Bertz CT molecular complexity index is 935. The maximum atomic E-state index is 10.0. The number of thiazole rings is 1. The van der Waals surface area contributed by atoms with E-state index in [2.05, 4.69) is 12.0 Å². The van der Waals surface area contributed by atoms with Gasteiger partial charge in [0.05, 0.1) is 18.0 Å². The molecule has 144 valence electrons. The SMILES string of the molecule is Cc1sc(=NC2CCCCC2)n(N=Cc2cc(O)c(O)cc2O)c1C1CC1. The average molecular weight is 388 g/mol. The molecule has 0 radical (unpaired) electrons. The van der Waals surface area contributed by atoms with Gasteiger partial charge in [0.15, 0.2) is 11.5 Å². The first-order valence-corrected chi connectivity index (χ1v) is 10.4. The molecule has 0 aliphatic heterocycles. The molecular formula is C20H25N3O3S. The molecule has 0 saturated heterocycles. The molecule has 27 heavy (non-hydrogen) atoms. The maximum absolute atomic E-state index is 10.0. The van der Waals surface area contributed by atoms with Crippen LogP contribution in [0.1, 0.15) is 67.0 Å². The van der Waals surface area contributed by atoms with Crippen LogP contribution in [-0.2, 0) is 0 Å². The predicted molar refractivity (Wildman–Crippen MR) is 106 cm³/mol. The minimum atomic E-state index is -0.352. The van der Waals surface area contributed by atoms with Crippen LogP contribution >= 0.6 is 11.3 Å². The summed E-state index contributed by atoms with van der Waals surface area (Å²) in [6.07, 6.45) is 9.88. The van der Waals surface area contributed by atoms with E-state index in [0.29, 0.717) is 17.5 Å². The summed E-state index contributed by atoms with van der Waals surface area (Å²) in [6, 6.07) is 2.79. The summed E-state index contributed by atoms with van der Waals surface area (Å²) < 4.78 is 1.91. The zero-order valence-electron chi connectivity index (χ0n) is 15.4. The van der Waals surface area contributed by atoms with Crippen LogP contribution in [0.15, 0.2) is 22.2 Å². The standard InChI is InChI=1S/C20H25N3O3S/c1-12-19(13-7-8-13)23(20(27-12)22-15-5-3-2-4-6-15)21-11-14-9-17(25)18(26)10-16(14)24/h9-11,13,15,24-26H,2-8H2,1H3. The molecule has 2 aliphatic carbocycles. The highest BCUT2D eigenvalue weighted by Crippen LogP contribution is 2.42. The Morgan fingerprint density at radius 1 is 1.00 bits per heavy atom. The molecule has 2 fully saturated rings. The summed E-state index contributed by atoms with van der Waals surface area (Å²) in [5.74, 6) is -0.235. The first-order chi connectivity index (χ1) is 13.0. The fourth-order valence-corrected chi connectivity index (χ4v) is 4.73. The zero-order chi connectivity index (χ0) is 19.0. The summed E-state index contributed by atoms with van der Waals surface area (Å²) in [6.45, 7) is 2.12. The third kappa shape index (κ3) is 3.88. The number of rotatable bonds is 4. The van der Waals surface area contributed by atoms with Gasteiger partial charge in [-0.15, -0.1) is 11.3 Å². The Balaban J connectivity index is 1.74. The molecule has 2 saturated carbocycles. The Labute approximate surface area is 162 Å². The van der Waals surface area contributed by atoms with Gasteiger partial charge in [0, 0.05) is 22.4 Å². The monoisotopic (exact) mass is 387 g/mol. The highest BCUT2D eigenvalue weighted by atomic mass is 32.1. The van der Waals surface area contributed by atoms with Crippen molar-refractivity contribution in [2.45, 2.75) is 63.8 Å². The highest BCUT2D eigenvalue weighted by molar-refractivity contribution is 7.09. The van der Waals surface area contributed by atoms with Crippen LogP contribution in [0.3, 0.4) is 0 Å². The topological polar surface area (TPSA) is 90.3 Å². The smallest absolute Gasteiger partial charge is 0.206 e. The zero-order valence-corrected chi connectivity index (χ0v) is 16.2. The fourth-order valence-electron chi connectivity index (χ4n) is 3.67. The highest BCUT2D eigenvalue weighted by Gasteiger charge is 2.30. The number of phenolic OH excluding ortho intramolecular Hbond substituents is 3. The third-order valence-electron chi connectivity index (χ3n) is 5.28. The molecule has 1 aromatic carbocycles. The van der Waals surface area contributed by atoms with E-state index in [1.807, 2.05) is 4.68 Å². The average Bonchev–Trinajstić information content (AvgIpc) is 3.43. The van der Waals surface area contributed by atoms with Crippen molar-refractivity contribution < 1.29 is 15.3 Å². The van der Waals surface area contributed by atoms with Crippen molar-refractivity contribution in [3.63, 3.8) is 0 Å². The van der Waals surface area contributed by atoms with Gasteiger partial charge in [-0.2, -0.15) is 5.10 Å². The molecular weight excluding hydrogens is 362 g/mol. The molecule has 4 rings (SSSR count). The van der Waals surface area contributed by atoms with Gasteiger partial charge in [-0.25, -0.2) is 4.68 Å². The minimum Gasteiger partial charge on any atom is -0.507 e. The van der Waals surface area contributed by atoms with E-state index in [4.69, 9.17) is 4.99 Å². The van der Waals surface area contributed by atoms with Gasteiger partial charge in [-0.1, -0.05) is 19.3 Å². The first-order valence-electron chi connectivity index (χ1n) is 9.58. The third-order valence-corrected chi connectivity index (χ3v) is 6.26. The van der Waals surface area contributed by atoms with Crippen molar-refractivity contribution in [2.24, 2.45) is 10.1 Å². The van der Waals surface area contributed by atoms with E-state index in [0.717, 1.165) is 23.7 Å². The molecule has 6 nitrogen and oxygen atoms in total. The second kappa shape index (κ2) is 7.38. The minimum absolute atomic E-state index is 0.125. The maximum Gasteiger partial charge on any atom is 0.206 e. The second-order valence-corrected chi connectivity index (χ2v) is 8.66. The van der Waals surface area contributed by atoms with Crippen molar-refractivity contribution >= 4 is 17.6 Å². The van der Waals surface area contributed by atoms with E-state index in [9.17, 15) is 15.3 Å². The van der Waals surface area contributed by atoms with Crippen molar-refractivity contribution in [3.05, 3.63) is 33.1 Å². The van der Waals surface area contributed by atoms with Crippen LogP contribution < -0.4 is 4.80 Å². The van der Waals surface area contributed by atoms with Gasteiger partial charge >= 0.3 is 0 Å². The van der Waals surface area contributed by atoms with Crippen LogP contribution in [-0.4, -0.2) is 32.3 Å². The van der Waals surface area contributed by atoms with Crippen LogP contribution in [0.5, 0.6) is 17.2 Å². The molecule has 0 amide bonds. The Hall–Kier alpha value is -2.28. The first kappa shape index (κ1) is 18.1. The predicted octanol–water partition coefficient (Wildman–Crippen LogP) is 3.97. The quantitative estimate of drug-likeness (QED) is 0.421. The van der Waals surface area contributed by atoms with Gasteiger partial charge in [0.2, 0.25) is 4.80 Å². The van der Waals surface area contributed by atoms with E-state index in [1.165, 1.54) is 55.0 Å². The van der Waals surface area contributed by atoms with E-state index >= 15 is 0 Å². The lowest BCUT2D eigenvalue weighted by Gasteiger charge is -2.16. The van der Waals surface area contributed by atoms with E-state index in [-0.39, 0.29) is 17.2 Å². The lowest BCUT2D eigenvalue weighted by molar-refractivity contribution is 0.396. The number of nitrogens with zero attached hydrogens (tertiary/aromatic N) is 3. The molecule has 2 aliphatic rings. The fraction of sp³-hybridized carbons (Fsp3) is 0.500. The van der Waals surface area contributed by atoms with Crippen LogP contribution in [0, 0.1) is 6.92 Å². The molecule has 1 heterocycles. The van der Waals surface area contributed by atoms with Crippen molar-refractivity contribution in [2.75, 3.05) is 0 Å². The van der Waals surface area contributed by atoms with Gasteiger partial charge in [-0.3, -0.25) is 4.99 Å². The molecule has 2 aromatic rings. The molecule has 7 heteroatoms. The van der Waals surface area contributed by atoms with Gasteiger partial charge in [-0.05, 0) is 38.7 Å². The van der Waals surface area contributed by atoms with Crippen LogP contribution in [0.2, 0.25) is 0 Å². The molecule has 0 atom stereocenters. The van der Waals surface area contributed by atoms with Crippen LogP contribution in [0.4, 0.5) is 0 Å². The van der Waals surface area contributed by atoms with Crippen molar-refractivity contribution in [1.82, 2.24) is 4.68 Å². The van der Waals surface area contributed by atoms with Gasteiger partial charge in [0.25, 0.3) is 0 Å². The Kier molecular flexibility index (Phi) is 4.95. The lowest BCUT2D eigenvalue weighted by Crippen LogP contribution is -2.19. The van der Waals surface area contributed by atoms with Crippen molar-refractivity contribution in [1.29, 1.82) is 0 Å². The summed E-state index contributed by atoms with van der Waals surface area (Å²) >= 11 is 1.68. The number of aryl methyl sites for hydroxylation is 1. The normalized spacial score (nSPS) is 19.2. The van der Waals surface area contributed by atoms with Crippen LogP contribution in [0.25, 0.3) is 0 Å². The molecule has 3 N–H and O–H groups in total. The number of benzene rings is 1. The Morgan fingerprint density at radius 3 is 2.41 bits per heavy atom. The molecule has 0 unspecified atom stereocenters. The number of aromatic nitrogens is 1. The number of aromatic hydroxyl groups is 3. The molecule has 0 spiro atoms. The van der Waals surface area contributed by atoms with Crippen molar-refractivity contribution in [3.8, 4) is 17.2 Å². The summed E-state index contributed by atoms with van der Waals surface area (Å²) in [7, 11) is 0. The molecule has 0 bridgehead atoms. The largest absolute Gasteiger partial charge is 0.507 e. The summed E-state index contributed by atoms with van der Waals surface area (Å²) in [5, 5.41) is 33.8. The number of phenols is 3. The summed E-state index contributed by atoms with van der Waals surface area (Å²) in [4.78, 5) is 7.13. The Morgan fingerprint density at radius 2 is 1.70 bits per heavy atom.